The second kappa shape index (κ2) is 8.81. The Kier molecular flexibility index (Phi) is 7.34. The molecule has 0 radical (unpaired) electrons. The van der Waals surface area contributed by atoms with Crippen LogP contribution in [-0.2, 0) is 0 Å². The van der Waals surface area contributed by atoms with E-state index in [1.165, 1.54) is 25.7 Å². The highest BCUT2D eigenvalue weighted by Gasteiger charge is 2.09. The zero-order valence-corrected chi connectivity index (χ0v) is 12.3. The van der Waals surface area contributed by atoms with E-state index >= 15 is 0 Å². The third-order valence-electron chi connectivity index (χ3n) is 3.08. The third-order valence-corrected chi connectivity index (χ3v) is 3.31. The first-order chi connectivity index (χ1) is 9.15. The fraction of sp³-hybridized carbons (Fsp3) is 0.533. The summed E-state index contributed by atoms with van der Waals surface area (Å²) in [6.07, 6.45) is 7.24. The van der Waals surface area contributed by atoms with E-state index in [2.05, 4.69) is 12.2 Å². The Balaban J connectivity index is 2.26. The number of benzene rings is 1. The predicted octanol–water partition coefficient (Wildman–Crippen LogP) is 4.01. The minimum absolute atomic E-state index is 0.145. The van der Waals surface area contributed by atoms with E-state index in [4.69, 9.17) is 17.3 Å². The molecule has 0 unspecified atom stereocenters. The largest absolute Gasteiger partial charge is 0.398 e. The molecule has 0 fully saturated rings. The van der Waals surface area contributed by atoms with Crippen molar-refractivity contribution in [3.05, 3.63) is 28.8 Å². The van der Waals surface area contributed by atoms with Gasteiger partial charge in [-0.3, -0.25) is 4.79 Å². The van der Waals surface area contributed by atoms with Crippen LogP contribution in [0, 0.1) is 0 Å². The van der Waals surface area contributed by atoms with Crippen molar-refractivity contribution in [2.75, 3.05) is 12.3 Å². The van der Waals surface area contributed by atoms with Gasteiger partial charge in [0.25, 0.3) is 5.91 Å². The highest BCUT2D eigenvalue weighted by atomic mass is 35.5. The van der Waals surface area contributed by atoms with E-state index in [0.29, 0.717) is 22.8 Å². The average Bonchev–Trinajstić information content (AvgIpc) is 2.40. The molecular weight excluding hydrogens is 260 g/mol. The van der Waals surface area contributed by atoms with Crippen molar-refractivity contribution in [2.45, 2.75) is 45.4 Å². The molecule has 0 bridgehead atoms. The van der Waals surface area contributed by atoms with Crippen molar-refractivity contribution in [2.24, 2.45) is 0 Å². The van der Waals surface area contributed by atoms with Crippen molar-refractivity contribution in [3.8, 4) is 0 Å². The molecule has 0 heterocycles. The lowest BCUT2D eigenvalue weighted by Gasteiger charge is -2.08. The van der Waals surface area contributed by atoms with Crippen molar-refractivity contribution >= 4 is 23.2 Å². The number of hydrogen-bond donors (Lipinski definition) is 2. The first-order valence-corrected chi connectivity index (χ1v) is 7.36. The molecule has 4 heteroatoms. The first-order valence-electron chi connectivity index (χ1n) is 6.98. The number of carbonyl (C=O) groups excluding carboxylic acids is 1. The van der Waals surface area contributed by atoms with E-state index in [1.807, 2.05) is 0 Å². The Bertz CT molecular complexity index is 407. The lowest BCUT2D eigenvalue weighted by molar-refractivity contribution is 0.0954. The second-order valence-corrected chi connectivity index (χ2v) is 5.19. The number of nitrogens with two attached hydrogens (primary N) is 1. The average molecular weight is 283 g/mol. The van der Waals surface area contributed by atoms with E-state index in [0.717, 1.165) is 12.8 Å². The van der Waals surface area contributed by atoms with Crippen molar-refractivity contribution < 1.29 is 4.79 Å². The quantitative estimate of drug-likeness (QED) is 0.559. The number of unbranched alkanes of at least 4 members (excludes halogenated alkanes) is 5. The predicted molar refractivity (Wildman–Crippen MR) is 81.6 cm³/mol. The van der Waals surface area contributed by atoms with Crippen molar-refractivity contribution in [3.63, 3.8) is 0 Å². The highest BCUT2D eigenvalue weighted by molar-refractivity contribution is 6.31. The number of hydrogen-bond acceptors (Lipinski definition) is 2. The molecule has 0 saturated heterocycles. The number of nitrogen functional groups attached to an aromatic ring is 1. The third kappa shape index (κ3) is 5.97. The number of amides is 1. The molecule has 0 aliphatic carbocycles. The summed E-state index contributed by atoms with van der Waals surface area (Å²) in [4.78, 5) is 11.9. The molecule has 19 heavy (non-hydrogen) atoms. The lowest BCUT2D eigenvalue weighted by Crippen LogP contribution is -2.25. The van der Waals surface area contributed by atoms with E-state index < -0.39 is 0 Å². The van der Waals surface area contributed by atoms with Crippen LogP contribution in [0.25, 0.3) is 0 Å². The van der Waals surface area contributed by atoms with Gasteiger partial charge in [-0.25, -0.2) is 0 Å². The molecule has 0 aliphatic heterocycles. The van der Waals surface area contributed by atoms with Gasteiger partial charge >= 0.3 is 0 Å². The van der Waals surface area contributed by atoms with Gasteiger partial charge in [0, 0.05) is 17.3 Å². The molecule has 106 valence electrons. The molecule has 3 nitrogen and oxygen atoms in total. The number of carbonyl (C=O) groups is 1. The summed E-state index contributed by atoms with van der Waals surface area (Å²) in [5.41, 5.74) is 6.68. The maximum absolute atomic E-state index is 11.9. The number of rotatable bonds is 8. The summed E-state index contributed by atoms with van der Waals surface area (Å²) in [5.74, 6) is -0.145. The fourth-order valence-electron chi connectivity index (χ4n) is 1.93. The van der Waals surface area contributed by atoms with Crippen LogP contribution in [0.5, 0.6) is 0 Å². The smallest absolute Gasteiger partial charge is 0.253 e. The van der Waals surface area contributed by atoms with Gasteiger partial charge < -0.3 is 11.1 Å². The summed E-state index contributed by atoms with van der Waals surface area (Å²) in [5, 5.41) is 3.41. The Morgan fingerprint density at radius 2 is 1.89 bits per heavy atom. The van der Waals surface area contributed by atoms with E-state index in [1.54, 1.807) is 18.2 Å². The number of halogens is 1. The minimum atomic E-state index is -0.145. The van der Waals surface area contributed by atoms with Gasteiger partial charge in [-0.1, -0.05) is 50.6 Å². The van der Waals surface area contributed by atoms with E-state index in [-0.39, 0.29) is 5.91 Å². The summed E-state index contributed by atoms with van der Waals surface area (Å²) >= 11 is 5.86. The Morgan fingerprint density at radius 3 is 2.63 bits per heavy atom. The molecule has 0 spiro atoms. The van der Waals surface area contributed by atoms with Crippen molar-refractivity contribution in [1.82, 2.24) is 5.32 Å². The topological polar surface area (TPSA) is 55.1 Å². The maximum atomic E-state index is 11.9. The summed E-state index contributed by atoms with van der Waals surface area (Å²) in [7, 11) is 0. The van der Waals surface area contributed by atoms with Crippen LogP contribution in [-0.4, -0.2) is 12.5 Å². The van der Waals surface area contributed by atoms with Gasteiger partial charge in [-0.05, 0) is 24.6 Å². The molecule has 0 aliphatic rings. The Labute approximate surface area is 120 Å². The van der Waals surface area contributed by atoms with Gasteiger partial charge in [0.2, 0.25) is 0 Å². The summed E-state index contributed by atoms with van der Waals surface area (Å²) < 4.78 is 0. The van der Waals surface area contributed by atoms with Crippen LogP contribution in [0.1, 0.15) is 55.8 Å². The second-order valence-electron chi connectivity index (χ2n) is 4.76. The monoisotopic (exact) mass is 282 g/mol. The normalized spacial score (nSPS) is 10.4. The molecule has 0 atom stereocenters. The summed E-state index contributed by atoms with van der Waals surface area (Å²) in [6.45, 7) is 2.90. The van der Waals surface area contributed by atoms with Crippen LogP contribution in [0.3, 0.4) is 0 Å². The fourth-order valence-corrected chi connectivity index (χ4v) is 2.10. The van der Waals surface area contributed by atoms with Crippen LogP contribution >= 0.6 is 11.6 Å². The van der Waals surface area contributed by atoms with Crippen LogP contribution in [0.15, 0.2) is 18.2 Å². The molecule has 0 aromatic heterocycles. The van der Waals surface area contributed by atoms with Gasteiger partial charge in [0.1, 0.15) is 0 Å². The van der Waals surface area contributed by atoms with Crippen molar-refractivity contribution in [1.29, 1.82) is 0 Å². The van der Waals surface area contributed by atoms with Gasteiger partial charge in [0.05, 0.1) is 5.56 Å². The standard InChI is InChI=1S/C15H23ClN2O/c1-2-3-4-5-6-7-10-18-15(19)13-11-12(16)8-9-14(13)17/h8-9,11H,2-7,10,17H2,1H3,(H,18,19). The van der Waals surface area contributed by atoms with E-state index in [9.17, 15) is 4.79 Å². The minimum Gasteiger partial charge on any atom is -0.398 e. The van der Waals surface area contributed by atoms with Crippen LogP contribution in [0.2, 0.25) is 5.02 Å². The molecule has 1 aromatic rings. The number of nitrogens with one attached hydrogen (secondary N) is 1. The molecule has 1 rings (SSSR count). The molecule has 0 saturated carbocycles. The van der Waals surface area contributed by atoms with Gasteiger partial charge in [-0.15, -0.1) is 0 Å². The molecule has 3 N–H and O–H groups in total. The maximum Gasteiger partial charge on any atom is 0.253 e. The van der Waals surface area contributed by atoms with Crippen LogP contribution < -0.4 is 11.1 Å². The number of anilines is 1. The SMILES string of the molecule is CCCCCCCCNC(=O)c1cc(Cl)ccc1N. The van der Waals surface area contributed by atoms with Crippen LogP contribution in [0.4, 0.5) is 5.69 Å². The summed E-state index contributed by atoms with van der Waals surface area (Å²) in [6, 6.07) is 4.94. The first kappa shape index (κ1) is 15.8. The van der Waals surface area contributed by atoms with Gasteiger partial charge in [0.15, 0.2) is 0 Å². The van der Waals surface area contributed by atoms with Gasteiger partial charge in [-0.2, -0.15) is 0 Å². The highest BCUT2D eigenvalue weighted by Crippen LogP contribution is 2.17. The Morgan fingerprint density at radius 1 is 1.21 bits per heavy atom. The molecule has 1 amide bonds. The Hall–Kier alpha value is -1.22. The molecule has 1 aromatic carbocycles. The zero-order chi connectivity index (χ0) is 14.1. The lowest BCUT2D eigenvalue weighted by atomic mass is 10.1. The molecular formula is C15H23ClN2O. The zero-order valence-electron chi connectivity index (χ0n) is 11.5.